The van der Waals surface area contributed by atoms with Crippen LogP contribution in [0, 0.1) is 10.1 Å². The first-order valence-electron chi connectivity index (χ1n) is 4.95. The van der Waals surface area contributed by atoms with E-state index >= 15 is 0 Å². The van der Waals surface area contributed by atoms with Crippen molar-refractivity contribution in [3.05, 3.63) is 34.1 Å². The van der Waals surface area contributed by atoms with Gasteiger partial charge in [-0.15, -0.1) is 0 Å². The van der Waals surface area contributed by atoms with Crippen LogP contribution < -0.4 is 0 Å². The average Bonchev–Trinajstić information content (AvgIpc) is 2.30. The smallest absolute Gasteiger partial charge is 0.272 e. The van der Waals surface area contributed by atoms with Crippen LogP contribution in [0.25, 0.3) is 0 Å². The Bertz CT molecular complexity index is 361. The van der Waals surface area contributed by atoms with Crippen LogP contribution >= 0.6 is 0 Å². The van der Waals surface area contributed by atoms with E-state index < -0.39 is 0 Å². The van der Waals surface area contributed by atoms with E-state index in [0.717, 1.165) is 31.7 Å². The molecule has 0 amide bonds. The second kappa shape index (κ2) is 4.35. The minimum absolute atomic E-state index is 0.117. The highest BCUT2D eigenvalue weighted by atomic mass is 16.6. The van der Waals surface area contributed by atoms with Gasteiger partial charge in [-0.3, -0.25) is 15.1 Å². The van der Waals surface area contributed by atoms with Gasteiger partial charge in [-0.25, -0.2) is 0 Å². The van der Waals surface area contributed by atoms with Crippen molar-refractivity contribution in [1.29, 1.82) is 0 Å². The van der Waals surface area contributed by atoms with Gasteiger partial charge in [0.1, 0.15) is 0 Å². The number of nitrogens with zero attached hydrogens (tertiary/aromatic N) is 2. The Morgan fingerprint density at radius 1 is 1.47 bits per heavy atom. The van der Waals surface area contributed by atoms with Gasteiger partial charge in [-0.1, -0.05) is 0 Å². The highest BCUT2D eigenvalue weighted by Gasteiger charge is 2.19. The molecule has 0 bridgehead atoms. The van der Waals surface area contributed by atoms with Gasteiger partial charge in [0, 0.05) is 37.5 Å². The lowest BCUT2D eigenvalue weighted by Gasteiger charge is -2.21. The normalized spacial score (nSPS) is 17.6. The molecule has 0 radical (unpaired) electrons. The molecule has 2 heterocycles. The fourth-order valence-electron chi connectivity index (χ4n) is 1.77. The maximum Gasteiger partial charge on any atom is 0.272 e. The Kier molecular flexibility index (Phi) is 2.91. The largest absolute Gasteiger partial charge is 0.381 e. The van der Waals surface area contributed by atoms with E-state index in [1.165, 1.54) is 12.3 Å². The van der Waals surface area contributed by atoms with E-state index in [4.69, 9.17) is 4.74 Å². The van der Waals surface area contributed by atoms with Gasteiger partial charge >= 0.3 is 0 Å². The van der Waals surface area contributed by atoms with Crippen molar-refractivity contribution < 1.29 is 9.66 Å². The molecule has 0 N–H and O–H groups in total. The van der Waals surface area contributed by atoms with Gasteiger partial charge in [0.15, 0.2) is 0 Å². The molecule has 1 saturated heterocycles. The Balaban J connectivity index is 2.19. The number of hydrogen-bond acceptors (Lipinski definition) is 4. The van der Waals surface area contributed by atoms with Crippen molar-refractivity contribution in [3.63, 3.8) is 0 Å². The topological polar surface area (TPSA) is 65.3 Å². The lowest BCUT2D eigenvalue weighted by Crippen LogP contribution is -2.15. The monoisotopic (exact) mass is 208 g/mol. The van der Waals surface area contributed by atoms with E-state index in [1.807, 2.05) is 0 Å². The zero-order valence-corrected chi connectivity index (χ0v) is 8.26. The SMILES string of the molecule is O=[N+]([O-])c1ccnc(C2CCOCC2)c1. The second-order valence-electron chi connectivity index (χ2n) is 3.58. The van der Waals surface area contributed by atoms with Crippen molar-refractivity contribution >= 4 is 5.69 Å². The molecule has 0 unspecified atom stereocenters. The summed E-state index contributed by atoms with van der Waals surface area (Å²) in [6.07, 6.45) is 3.30. The molecule has 2 rings (SSSR count). The van der Waals surface area contributed by atoms with E-state index in [0.29, 0.717) is 5.92 Å². The molecule has 1 aliphatic heterocycles. The molecular weight excluding hydrogens is 196 g/mol. The molecule has 80 valence electrons. The van der Waals surface area contributed by atoms with Gasteiger partial charge < -0.3 is 4.74 Å². The summed E-state index contributed by atoms with van der Waals surface area (Å²) in [5.74, 6) is 0.304. The molecule has 0 spiro atoms. The number of aromatic nitrogens is 1. The van der Waals surface area contributed by atoms with E-state index in [-0.39, 0.29) is 10.6 Å². The van der Waals surface area contributed by atoms with Crippen molar-refractivity contribution in [2.45, 2.75) is 18.8 Å². The average molecular weight is 208 g/mol. The molecule has 15 heavy (non-hydrogen) atoms. The van der Waals surface area contributed by atoms with E-state index in [1.54, 1.807) is 6.07 Å². The third-order valence-electron chi connectivity index (χ3n) is 2.62. The highest BCUT2D eigenvalue weighted by molar-refractivity contribution is 5.31. The molecule has 5 nitrogen and oxygen atoms in total. The molecule has 1 aromatic rings. The van der Waals surface area contributed by atoms with Crippen LogP contribution in [-0.2, 0) is 4.74 Å². The van der Waals surface area contributed by atoms with Crippen LogP contribution in [0.5, 0.6) is 0 Å². The molecule has 0 atom stereocenters. The maximum absolute atomic E-state index is 10.6. The van der Waals surface area contributed by atoms with Gasteiger partial charge in [0.2, 0.25) is 0 Å². The molecule has 0 aromatic carbocycles. The Morgan fingerprint density at radius 2 is 2.20 bits per heavy atom. The van der Waals surface area contributed by atoms with Crippen LogP contribution in [0.2, 0.25) is 0 Å². The maximum atomic E-state index is 10.6. The van der Waals surface area contributed by atoms with Crippen LogP contribution in [0.3, 0.4) is 0 Å². The van der Waals surface area contributed by atoms with Crippen molar-refractivity contribution in [2.75, 3.05) is 13.2 Å². The molecule has 1 aromatic heterocycles. The van der Waals surface area contributed by atoms with Crippen molar-refractivity contribution in [1.82, 2.24) is 4.98 Å². The van der Waals surface area contributed by atoms with Gasteiger partial charge in [-0.2, -0.15) is 0 Å². The summed E-state index contributed by atoms with van der Waals surface area (Å²) < 4.78 is 5.24. The minimum Gasteiger partial charge on any atom is -0.381 e. The molecule has 1 aliphatic rings. The molecule has 0 saturated carbocycles. The van der Waals surface area contributed by atoms with Crippen LogP contribution in [0.15, 0.2) is 18.3 Å². The molecular formula is C10H12N2O3. The summed E-state index contributed by atoms with van der Waals surface area (Å²) in [4.78, 5) is 14.4. The van der Waals surface area contributed by atoms with Crippen LogP contribution in [0.1, 0.15) is 24.5 Å². The summed E-state index contributed by atoms with van der Waals surface area (Å²) >= 11 is 0. The summed E-state index contributed by atoms with van der Waals surface area (Å²) in [7, 11) is 0. The lowest BCUT2D eigenvalue weighted by atomic mass is 9.96. The molecule has 5 heteroatoms. The number of rotatable bonds is 2. The summed E-state index contributed by atoms with van der Waals surface area (Å²) in [5, 5.41) is 10.6. The molecule has 0 aliphatic carbocycles. The summed E-state index contributed by atoms with van der Waals surface area (Å²) in [6, 6.07) is 2.98. The van der Waals surface area contributed by atoms with Gasteiger partial charge in [0.05, 0.1) is 10.6 Å². The van der Waals surface area contributed by atoms with Crippen LogP contribution in [-0.4, -0.2) is 23.1 Å². The van der Waals surface area contributed by atoms with Gasteiger partial charge in [0.25, 0.3) is 5.69 Å². The minimum atomic E-state index is -0.384. The Morgan fingerprint density at radius 3 is 2.87 bits per heavy atom. The fourth-order valence-corrected chi connectivity index (χ4v) is 1.77. The fraction of sp³-hybridized carbons (Fsp3) is 0.500. The first-order chi connectivity index (χ1) is 7.27. The number of pyridine rings is 1. The third-order valence-corrected chi connectivity index (χ3v) is 2.62. The number of nitro groups is 1. The molecule has 1 fully saturated rings. The van der Waals surface area contributed by atoms with Crippen LogP contribution in [0.4, 0.5) is 5.69 Å². The third kappa shape index (κ3) is 2.30. The Hall–Kier alpha value is -1.49. The number of hydrogen-bond donors (Lipinski definition) is 0. The summed E-state index contributed by atoms with van der Waals surface area (Å²) in [6.45, 7) is 1.43. The highest BCUT2D eigenvalue weighted by Crippen LogP contribution is 2.27. The second-order valence-corrected chi connectivity index (χ2v) is 3.58. The first kappa shape index (κ1) is 10.0. The number of ether oxygens (including phenoxy) is 1. The van der Waals surface area contributed by atoms with E-state index in [9.17, 15) is 10.1 Å². The van der Waals surface area contributed by atoms with Crippen molar-refractivity contribution in [2.24, 2.45) is 0 Å². The summed E-state index contributed by atoms with van der Waals surface area (Å²) in [5.41, 5.74) is 0.930. The first-order valence-corrected chi connectivity index (χ1v) is 4.95. The van der Waals surface area contributed by atoms with E-state index in [2.05, 4.69) is 4.98 Å². The van der Waals surface area contributed by atoms with Crippen molar-refractivity contribution in [3.8, 4) is 0 Å². The van der Waals surface area contributed by atoms with Gasteiger partial charge in [-0.05, 0) is 12.8 Å². The zero-order chi connectivity index (χ0) is 10.7. The zero-order valence-electron chi connectivity index (χ0n) is 8.26. The quantitative estimate of drug-likeness (QED) is 0.549. The lowest BCUT2D eigenvalue weighted by molar-refractivity contribution is -0.385. The Labute approximate surface area is 87.2 Å². The predicted octanol–water partition coefficient (Wildman–Crippen LogP) is 1.88. The predicted molar refractivity (Wildman–Crippen MR) is 53.7 cm³/mol. The standard InChI is InChI=1S/C10H12N2O3/c13-12(14)9-1-4-11-10(7-9)8-2-5-15-6-3-8/h1,4,7-8H,2-3,5-6H2.